The molecule has 0 spiro atoms. The summed E-state index contributed by atoms with van der Waals surface area (Å²) in [6.45, 7) is 2.28. The smallest absolute Gasteiger partial charge is 0.326 e. The van der Waals surface area contributed by atoms with Crippen LogP contribution in [0.1, 0.15) is 17.3 Å². The van der Waals surface area contributed by atoms with Crippen LogP contribution < -0.4 is 15.4 Å². The van der Waals surface area contributed by atoms with E-state index in [1.165, 1.54) is 12.1 Å². The van der Waals surface area contributed by atoms with Crippen molar-refractivity contribution >= 4 is 17.6 Å². The Labute approximate surface area is 127 Å². The molecule has 0 aliphatic carbocycles. The number of nitrogens with one attached hydrogen (secondary N) is 2. The first-order valence-electron chi connectivity index (χ1n) is 6.70. The highest BCUT2D eigenvalue weighted by atomic mass is 19.1. The third kappa shape index (κ3) is 4.05. The number of carbonyl (C=O) groups is 2. The zero-order chi connectivity index (χ0) is 15.9. The monoisotopic (exact) mass is 302 g/mol. The predicted molar refractivity (Wildman–Crippen MR) is 80.5 cm³/mol. The van der Waals surface area contributed by atoms with E-state index in [1.54, 1.807) is 24.3 Å². The quantitative estimate of drug-likeness (QED) is 0.911. The molecule has 2 rings (SSSR count). The van der Waals surface area contributed by atoms with Gasteiger partial charge >= 0.3 is 6.03 Å². The Morgan fingerprint density at radius 1 is 1.09 bits per heavy atom. The number of benzene rings is 2. The molecule has 0 saturated carbocycles. The number of imide groups is 1. The van der Waals surface area contributed by atoms with Crippen molar-refractivity contribution in [3.63, 3.8) is 0 Å². The first-order chi connectivity index (χ1) is 10.6. The zero-order valence-electron chi connectivity index (χ0n) is 11.9. The SMILES string of the molecule is CCOc1ccccc1NC(=O)NC(=O)c1ccc(F)cc1. The number of rotatable bonds is 4. The summed E-state index contributed by atoms with van der Waals surface area (Å²) in [6.07, 6.45) is 0. The Hall–Kier alpha value is -2.89. The molecule has 0 heterocycles. The Morgan fingerprint density at radius 3 is 2.45 bits per heavy atom. The number of halogens is 1. The third-order valence-electron chi connectivity index (χ3n) is 2.77. The van der Waals surface area contributed by atoms with Crippen molar-refractivity contribution < 1.29 is 18.7 Å². The van der Waals surface area contributed by atoms with E-state index in [0.29, 0.717) is 18.0 Å². The van der Waals surface area contributed by atoms with Crippen molar-refractivity contribution in [3.05, 3.63) is 59.9 Å². The van der Waals surface area contributed by atoms with E-state index in [-0.39, 0.29) is 5.56 Å². The molecule has 2 N–H and O–H groups in total. The van der Waals surface area contributed by atoms with Gasteiger partial charge in [0, 0.05) is 5.56 Å². The minimum Gasteiger partial charge on any atom is -0.492 e. The Balaban J connectivity index is 2.01. The predicted octanol–water partition coefficient (Wildman–Crippen LogP) is 3.19. The average molecular weight is 302 g/mol. The molecule has 0 saturated heterocycles. The lowest BCUT2D eigenvalue weighted by Gasteiger charge is -2.11. The number of amides is 3. The first-order valence-corrected chi connectivity index (χ1v) is 6.70. The largest absolute Gasteiger partial charge is 0.492 e. The van der Waals surface area contributed by atoms with Gasteiger partial charge in [0.15, 0.2) is 0 Å². The molecular formula is C16H15FN2O3. The molecule has 2 aromatic carbocycles. The summed E-state index contributed by atoms with van der Waals surface area (Å²) in [6, 6.07) is 11.1. The van der Waals surface area contributed by atoms with E-state index >= 15 is 0 Å². The standard InChI is InChI=1S/C16H15FN2O3/c1-2-22-14-6-4-3-5-13(14)18-16(21)19-15(20)11-7-9-12(17)10-8-11/h3-10H,2H2,1H3,(H2,18,19,20,21). The molecule has 0 unspecified atom stereocenters. The molecule has 0 aliphatic heterocycles. The average Bonchev–Trinajstić information content (AvgIpc) is 2.50. The summed E-state index contributed by atoms with van der Waals surface area (Å²) >= 11 is 0. The highest BCUT2D eigenvalue weighted by molar-refractivity contribution is 6.08. The summed E-state index contributed by atoms with van der Waals surface area (Å²) in [4.78, 5) is 23.7. The van der Waals surface area contributed by atoms with Crippen molar-refractivity contribution in [1.29, 1.82) is 0 Å². The molecule has 0 aromatic heterocycles. The van der Waals surface area contributed by atoms with E-state index in [9.17, 15) is 14.0 Å². The van der Waals surface area contributed by atoms with Crippen LogP contribution >= 0.6 is 0 Å². The van der Waals surface area contributed by atoms with Gasteiger partial charge in [-0.1, -0.05) is 12.1 Å². The van der Waals surface area contributed by atoms with Gasteiger partial charge in [-0.15, -0.1) is 0 Å². The van der Waals surface area contributed by atoms with Gasteiger partial charge in [0.05, 0.1) is 12.3 Å². The van der Waals surface area contributed by atoms with Crippen LogP contribution in [0, 0.1) is 5.82 Å². The molecular weight excluding hydrogens is 287 g/mol. The minimum atomic E-state index is -0.693. The molecule has 0 atom stereocenters. The van der Waals surface area contributed by atoms with Crippen LogP contribution in [-0.4, -0.2) is 18.5 Å². The van der Waals surface area contributed by atoms with Gasteiger partial charge < -0.3 is 10.1 Å². The molecule has 2 aromatic rings. The third-order valence-corrected chi connectivity index (χ3v) is 2.77. The second-order valence-electron chi connectivity index (χ2n) is 4.34. The van der Waals surface area contributed by atoms with Crippen LogP contribution in [0.4, 0.5) is 14.9 Å². The fourth-order valence-corrected chi connectivity index (χ4v) is 1.78. The number of hydrogen-bond donors (Lipinski definition) is 2. The van der Waals surface area contributed by atoms with Gasteiger partial charge in [-0.2, -0.15) is 0 Å². The number of para-hydroxylation sites is 2. The zero-order valence-corrected chi connectivity index (χ0v) is 11.9. The molecule has 114 valence electrons. The summed E-state index contributed by atoms with van der Waals surface area (Å²) in [5.74, 6) is -0.563. The lowest BCUT2D eigenvalue weighted by atomic mass is 10.2. The lowest BCUT2D eigenvalue weighted by molar-refractivity contribution is 0.0967. The van der Waals surface area contributed by atoms with Crippen molar-refractivity contribution in [2.24, 2.45) is 0 Å². The van der Waals surface area contributed by atoms with Crippen molar-refractivity contribution in [3.8, 4) is 5.75 Å². The maximum Gasteiger partial charge on any atom is 0.326 e. The van der Waals surface area contributed by atoms with E-state index < -0.39 is 17.8 Å². The van der Waals surface area contributed by atoms with Gasteiger partial charge in [0.1, 0.15) is 11.6 Å². The molecule has 0 fully saturated rings. The van der Waals surface area contributed by atoms with Crippen LogP contribution in [0.3, 0.4) is 0 Å². The van der Waals surface area contributed by atoms with Crippen molar-refractivity contribution in [2.45, 2.75) is 6.92 Å². The normalized spacial score (nSPS) is 9.91. The number of carbonyl (C=O) groups excluding carboxylic acids is 2. The summed E-state index contributed by atoms with van der Waals surface area (Å²) in [7, 11) is 0. The number of hydrogen-bond acceptors (Lipinski definition) is 3. The Kier molecular flexibility index (Phi) is 5.08. The second-order valence-corrected chi connectivity index (χ2v) is 4.34. The molecule has 5 nitrogen and oxygen atoms in total. The molecule has 3 amide bonds. The van der Waals surface area contributed by atoms with Gasteiger partial charge in [-0.25, -0.2) is 9.18 Å². The second kappa shape index (κ2) is 7.21. The molecule has 22 heavy (non-hydrogen) atoms. The number of urea groups is 1. The minimum absolute atomic E-state index is 0.189. The van der Waals surface area contributed by atoms with Gasteiger partial charge in [-0.3, -0.25) is 10.1 Å². The maximum absolute atomic E-state index is 12.8. The molecule has 0 bridgehead atoms. The molecule has 6 heteroatoms. The highest BCUT2D eigenvalue weighted by Crippen LogP contribution is 2.23. The summed E-state index contributed by atoms with van der Waals surface area (Å²) < 4.78 is 18.2. The van der Waals surface area contributed by atoms with E-state index in [4.69, 9.17) is 4.74 Å². The van der Waals surface area contributed by atoms with E-state index in [1.807, 2.05) is 6.92 Å². The summed E-state index contributed by atoms with van der Waals surface area (Å²) in [5.41, 5.74) is 0.642. The van der Waals surface area contributed by atoms with Crippen molar-refractivity contribution in [1.82, 2.24) is 5.32 Å². The van der Waals surface area contributed by atoms with Crippen LogP contribution in [0.25, 0.3) is 0 Å². The van der Waals surface area contributed by atoms with Crippen LogP contribution in [0.15, 0.2) is 48.5 Å². The topological polar surface area (TPSA) is 67.4 Å². The summed E-state index contributed by atoms with van der Waals surface area (Å²) in [5, 5.41) is 4.70. The van der Waals surface area contributed by atoms with Crippen LogP contribution in [0.5, 0.6) is 5.75 Å². The van der Waals surface area contributed by atoms with Gasteiger partial charge in [-0.05, 0) is 43.3 Å². The van der Waals surface area contributed by atoms with Crippen LogP contribution in [0.2, 0.25) is 0 Å². The maximum atomic E-state index is 12.8. The lowest BCUT2D eigenvalue weighted by Crippen LogP contribution is -2.34. The fourth-order valence-electron chi connectivity index (χ4n) is 1.78. The number of ether oxygens (including phenoxy) is 1. The molecule has 0 aliphatic rings. The van der Waals surface area contributed by atoms with Gasteiger partial charge in [0.25, 0.3) is 5.91 Å². The Bertz CT molecular complexity index is 671. The number of anilines is 1. The van der Waals surface area contributed by atoms with Gasteiger partial charge in [0.2, 0.25) is 0 Å². The Morgan fingerprint density at radius 2 is 1.77 bits per heavy atom. The van der Waals surface area contributed by atoms with Crippen LogP contribution in [-0.2, 0) is 0 Å². The van der Waals surface area contributed by atoms with E-state index in [0.717, 1.165) is 12.1 Å². The van der Waals surface area contributed by atoms with Crippen molar-refractivity contribution in [2.75, 3.05) is 11.9 Å². The van der Waals surface area contributed by atoms with E-state index in [2.05, 4.69) is 10.6 Å². The highest BCUT2D eigenvalue weighted by Gasteiger charge is 2.12. The fraction of sp³-hybridized carbons (Fsp3) is 0.125. The first kappa shape index (κ1) is 15.5. The molecule has 0 radical (unpaired) electrons.